The van der Waals surface area contributed by atoms with Crippen molar-refractivity contribution in [2.24, 2.45) is 0 Å². The van der Waals surface area contributed by atoms with Gasteiger partial charge in [-0.05, 0) is 36.4 Å². The number of nitrogens with two attached hydrogens (primary N) is 2. The van der Waals surface area contributed by atoms with Crippen molar-refractivity contribution >= 4 is 22.1 Å². The van der Waals surface area contributed by atoms with Crippen LogP contribution in [0, 0.1) is 49.4 Å². The lowest BCUT2D eigenvalue weighted by Crippen LogP contribution is -2.00. The molecule has 0 aromatic heterocycles. The summed E-state index contributed by atoms with van der Waals surface area (Å²) in [6.07, 6.45) is 23.3. The summed E-state index contributed by atoms with van der Waals surface area (Å²) in [4.78, 5) is 0. The lowest BCUT2D eigenvalue weighted by molar-refractivity contribution is 0.467. The number of rotatable bonds is 4. The largest absolute Gasteiger partial charge is 0.506 e. The molecule has 4 aromatic carbocycles. The monoisotopic (exact) mass is 470 g/mol. The first-order valence-corrected chi connectivity index (χ1v) is 10.4. The summed E-state index contributed by atoms with van der Waals surface area (Å²) in [5.41, 5.74) is 13.3. The number of phenolic OH excluding ortho intramolecular Hbond substituents is 2. The minimum absolute atomic E-state index is 0.0954. The Morgan fingerprint density at radius 1 is 0.583 bits per heavy atom. The van der Waals surface area contributed by atoms with Gasteiger partial charge in [-0.15, -0.1) is 25.7 Å². The first-order valence-electron chi connectivity index (χ1n) is 10.4. The third-order valence-corrected chi connectivity index (χ3v) is 5.39. The van der Waals surface area contributed by atoms with Crippen molar-refractivity contribution in [2.75, 3.05) is 11.5 Å². The second-order valence-corrected chi connectivity index (χ2v) is 7.57. The number of hydrogen-bond donors (Lipinski definition) is 4. The number of hydrogen-bond acceptors (Lipinski definition) is 6. The van der Waals surface area contributed by atoms with E-state index in [0.717, 1.165) is 0 Å². The second kappa shape index (κ2) is 9.20. The topological polar surface area (TPSA) is 111 Å². The van der Waals surface area contributed by atoms with E-state index in [-0.39, 0.29) is 34.4 Å². The number of nitrogen functional groups attached to an aromatic ring is 2. The van der Waals surface area contributed by atoms with Crippen LogP contribution < -0.4 is 20.9 Å². The Morgan fingerprint density at radius 2 is 0.972 bits per heavy atom. The van der Waals surface area contributed by atoms with Gasteiger partial charge in [-0.25, -0.2) is 0 Å². The number of aromatic hydroxyl groups is 2. The highest BCUT2D eigenvalue weighted by atomic mass is 16.5. The van der Waals surface area contributed by atoms with Gasteiger partial charge >= 0.3 is 0 Å². The minimum atomic E-state index is -0.0954. The molecule has 0 fully saturated rings. The van der Waals surface area contributed by atoms with Crippen molar-refractivity contribution in [1.82, 2.24) is 0 Å². The molecule has 0 amide bonds. The highest BCUT2D eigenvalue weighted by Gasteiger charge is 2.22. The number of fused-ring (bicyclic) bond motifs is 1. The predicted octanol–water partition coefficient (Wildman–Crippen LogP) is 4.93. The third-order valence-electron chi connectivity index (χ3n) is 5.39. The molecule has 0 aliphatic heterocycles. The zero-order chi connectivity index (χ0) is 26.0. The predicted molar refractivity (Wildman–Crippen MR) is 141 cm³/mol. The highest BCUT2D eigenvalue weighted by Crippen LogP contribution is 2.44. The van der Waals surface area contributed by atoms with Crippen molar-refractivity contribution in [3.63, 3.8) is 0 Å². The molecule has 6 nitrogen and oxygen atoms in total. The Bertz CT molecular complexity index is 1600. The summed E-state index contributed by atoms with van der Waals surface area (Å²) in [5.74, 6) is 11.3. The van der Waals surface area contributed by atoms with Crippen LogP contribution >= 0.6 is 0 Å². The fraction of sp³-hybridized carbons (Fsp3) is 0. The fourth-order valence-corrected chi connectivity index (χ4v) is 3.70. The van der Waals surface area contributed by atoms with Gasteiger partial charge < -0.3 is 31.2 Å². The lowest BCUT2D eigenvalue weighted by atomic mass is 9.92. The third kappa shape index (κ3) is 4.00. The Morgan fingerprint density at radius 3 is 1.28 bits per heavy atom. The van der Waals surface area contributed by atoms with Crippen LogP contribution in [0.15, 0.2) is 48.5 Å². The van der Waals surface area contributed by atoms with E-state index in [0.29, 0.717) is 44.5 Å². The van der Waals surface area contributed by atoms with Crippen LogP contribution in [0.3, 0.4) is 0 Å². The molecule has 0 atom stereocenters. The lowest BCUT2D eigenvalue weighted by Gasteiger charge is -2.18. The summed E-state index contributed by atoms with van der Waals surface area (Å²) >= 11 is 0. The molecule has 172 valence electrons. The zero-order valence-electron chi connectivity index (χ0n) is 18.8. The van der Waals surface area contributed by atoms with Crippen LogP contribution in [-0.2, 0) is 0 Å². The molecule has 0 heterocycles. The SMILES string of the molecule is C#Cc1cc(Oc2ccc(O)c(N)c2)c2c(C#C)c(C#C)cc(Oc3ccc(O)c(N)c3)c2c1C#C. The number of anilines is 2. The molecule has 0 aliphatic rings. The van der Waals surface area contributed by atoms with Crippen LogP contribution in [0.1, 0.15) is 22.3 Å². The average Bonchev–Trinajstić information content (AvgIpc) is 2.87. The summed E-state index contributed by atoms with van der Waals surface area (Å²) in [6.45, 7) is 0. The van der Waals surface area contributed by atoms with E-state index < -0.39 is 0 Å². The van der Waals surface area contributed by atoms with E-state index in [9.17, 15) is 10.2 Å². The van der Waals surface area contributed by atoms with Gasteiger partial charge in [-0.3, -0.25) is 0 Å². The van der Waals surface area contributed by atoms with Crippen molar-refractivity contribution in [3.05, 3.63) is 70.8 Å². The van der Waals surface area contributed by atoms with E-state index in [2.05, 4.69) is 23.7 Å². The maximum Gasteiger partial charge on any atom is 0.138 e. The molecular weight excluding hydrogens is 452 g/mol. The summed E-state index contributed by atoms with van der Waals surface area (Å²) in [7, 11) is 0. The Kier molecular flexibility index (Phi) is 5.97. The minimum Gasteiger partial charge on any atom is -0.506 e. The summed E-state index contributed by atoms with van der Waals surface area (Å²) < 4.78 is 12.2. The van der Waals surface area contributed by atoms with Crippen LogP contribution in [-0.4, -0.2) is 10.2 Å². The smallest absolute Gasteiger partial charge is 0.138 e. The number of benzene rings is 4. The van der Waals surface area contributed by atoms with Gasteiger partial charge in [-0.2, -0.15) is 0 Å². The van der Waals surface area contributed by atoms with Crippen molar-refractivity contribution < 1.29 is 19.7 Å². The molecule has 4 aromatic rings. The highest BCUT2D eigenvalue weighted by molar-refractivity contribution is 6.04. The first-order chi connectivity index (χ1) is 17.3. The van der Waals surface area contributed by atoms with Crippen LogP contribution in [0.5, 0.6) is 34.5 Å². The van der Waals surface area contributed by atoms with Gasteiger partial charge in [0.2, 0.25) is 0 Å². The maximum absolute atomic E-state index is 9.78. The van der Waals surface area contributed by atoms with Crippen molar-refractivity contribution in [1.29, 1.82) is 0 Å². The molecule has 0 saturated heterocycles. The average molecular weight is 470 g/mol. The van der Waals surface area contributed by atoms with Gasteiger partial charge in [-0.1, -0.05) is 23.7 Å². The maximum atomic E-state index is 9.78. The molecule has 0 bridgehead atoms. The number of terminal acetylenes is 4. The van der Waals surface area contributed by atoms with Crippen LogP contribution in [0.25, 0.3) is 10.8 Å². The molecule has 4 rings (SSSR count). The van der Waals surface area contributed by atoms with Crippen molar-refractivity contribution in [3.8, 4) is 83.9 Å². The van der Waals surface area contributed by atoms with Crippen LogP contribution in [0.2, 0.25) is 0 Å². The Balaban J connectivity index is 2.08. The molecule has 0 spiro atoms. The van der Waals surface area contributed by atoms with Gasteiger partial charge in [0.1, 0.15) is 34.5 Å². The van der Waals surface area contributed by atoms with E-state index in [1.165, 1.54) is 36.4 Å². The first kappa shape index (κ1) is 23.3. The van der Waals surface area contributed by atoms with Crippen molar-refractivity contribution in [2.45, 2.75) is 0 Å². The van der Waals surface area contributed by atoms with Crippen LogP contribution in [0.4, 0.5) is 11.4 Å². The quantitative estimate of drug-likeness (QED) is 0.191. The van der Waals surface area contributed by atoms with E-state index >= 15 is 0 Å². The molecular formula is C30H18N2O4. The Hall–Kier alpha value is -5.82. The van der Waals surface area contributed by atoms with Gasteiger partial charge in [0, 0.05) is 34.0 Å². The van der Waals surface area contributed by atoms with Gasteiger partial charge in [0.15, 0.2) is 0 Å². The molecule has 0 aliphatic carbocycles. The Labute approximate surface area is 208 Å². The number of phenols is 2. The molecule has 0 radical (unpaired) electrons. The van der Waals surface area contributed by atoms with E-state index in [4.69, 9.17) is 46.6 Å². The zero-order valence-corrected chi connectivity index (χ0v) is 18.8. The molecule has 36 heavy (non-hydrogen) atoms. The molecule has 6 heteroatoms. The summed E-state index contributed by atoms with van der Waals surface area (Å²) in [6, 6.07) is 11.9. The fourth-order valence-electron chi connectivity index (χ4n) is 3.70. The van der Waals surface area contributed by atoms with E-state index in [1.807, 2.05) is 0 Å². The molecule has 0 unspecified atom stereocenters. The normalized spacial score (nSPS) is 10.0. The van der Waals surface area contributed by atoms with E-state index in [1.54, 1.807) is 12.1 Å². The second-order valence-electron chi connectivity index (χ2n) is 7.57. The van der Waals surface area contributed by atoms with Gasteiger partial charge in [0.25, 0.3) is 0 Å². The molecule has 0 saturated carbocycles. The summed E-state index contributed by atoms with van der Waals surface area (Å²) in [5, 5.41) is 20.3. The standard InChI is InChI=1S/C30H18N2O4/c1-5-17-13-27(35-19-9-11-25(33)23(31)15-19)30-22(8-4)18(6-2)14-28(29(30)21(17)7-3)36-20-10-12-26(34)24(32)16-20/h1-4,9-16,33-34H,31-32H2. The molecule has 6 N–H and O–H groups in total. The number of ether oxygens (including phenoxy) is 2. The van der Waals surface area contributed by atoms with Gasteiger partial charge in [0.05, 0.1) is 22.5 Å².